The molecule has 0 saturated carbocycles. The molecule has 47 heavy (non-hydrogen) atoms. The van der Waals surface area contributed by atoms with Gasteiger partial charge in [0, 0.05) is 83.2 Å². The molecule has 0 spiro atoms. The van der Waals surface area contributed by atoms with E-state index in [4.69, 9.17) is 23.7 Å². The number of halogens is 2. The third kappa shape index (κ3) is 13.4. The molecule has 2 aliphatic heterocycles. The zero-order valence-electron chi connectivity index (χ0n) is 29.0. The predicted octanol–water partition coefficient (Wildman–Crippen LogP) is 7.49. The topological polar surface area (TPSA) is 78.5 Å². The number of piperidine rings is 2. The van der Waals surface area contributed by atoms with Gasteiger partial charge in [0.1, 0.15) is 17.2 Å². The van der Waals surface area contributed by atoms with Crippen molar-refractivity contribution in [2.75, 3.05) is 66.8 Å². The molecule has 1 amide bonds. The fourth-order valence-corrected chi connectivity index (χ4v) is 6.08. The molecule has 2 saturated heterocycles. The van der Waals surface area contributed by atoms with Gasteiger partial charge in [0.2, 0.25) is 0 Å². The van der Waals surface area contributed by atoms with Gasteiger partial charge in [-0.05, 0) is 78.0 Å². The van der Waals surface area contributed by atoms with Crippen LogP contribution >= 0.6 is 0 Å². The summed E-state index contributed by atoms with van der Waals surface area (Å²) in [5, 5.41) is 3.38. The van der Waals surface area contributed by atoms with Gasteiger partial charge < -0.3 is 33.9 Å². The zero-order chi connectivity index (χ0) is 34.1. The first-order chi connectivity index (χ1) is 22.6. The van der Waals surface area contributed by atoms with Gasteiger partial charge in [0.25, 0.3) is 0 Å². The second-order valence-electron chi connectivity index (χ2n) is 13.3. The van der Waals surface area contributed by atoms with E-state index < -0.39 is 11.7 Å². The van der Waals surface area contributed by atoms with Crippen LogP contribution in [-0.2, 0) is 23.7 Å². The maximum absolute atomic E-state index is 14.4. The quantitative estimate of drug-likeness (QED) is 0.210. The highest BCUT2D eigenvalue weighted by molar-refractivity contribution is 5.68. The highest BCUT2D eigenvalue weighted by Crippen LogP contribution is 2.35. The SMILES string of the molecule is COCCCOC(c1ccccc1F)C1CCCN(C(=O)OC(C)(C)C)C1.COCCCOC(c1ccccc1F)C1CCCNC1. The molecule has 2 aromatic carbocycles. The molecule has 4 rings (SSSR count). The summed E-state index contributed by atoms with van der Waals surface area (Å²) in [4.78, 5) is 14.2. The van der Waals surface area contributed by atoms with Crippen LogP contribution in [0, 0.1) is 23.5 Å². The molecule has 8 nitrogen and oxygen atoms in total. The molecule has 4 atom stereocenters. The Morgan fingerprint density at radius 3 is 1.85 bits per heavy atom. The number of nitrogens with zero attached hydrogens (tertiary/aromatic N) is 1. The van der Waals surface area contributed by atoms with Crippen molar-refractivity contribution < 1.29 is 37.3 Å². The molecule has 10 heteroatoms. The molecular formula is C37H56F2N2O6. The summed E-state index contributed by atoms with van der Waals surface area (Å²) in [7, 11) is 3.33. The van der Waals surface area contributed by atoms with Crippen molar-refractivity contribution in [2.45, 2.75) is 77.1 Å². The number of ether oxygens (including phenoxy) is 5. The molecule has 4 unspecified atom stereocenters. The van der Waals surface area contributed by atoms with Gasteiger partial charge >= 0.3 is 6.09 Å². The predicted molar refractivity (Wildman–Crippen MR) is 179 cm³/mol. The first-order valence-electron chi connectivity index (χ1n) is 17.0. The molecule has 0 radical (unpaired) electrons. The molecule has 2 aromatic rings. The van der Waals surface area contributed by atoms with E-state index in [1.54, 1.807) is 37.3 Å². The van der Waals surface area contributed by atoms with Crippen LogP contribution in [-0.4, -0.2) is 83.4 Å². The van der Waals surface area contributed by atoms with Crippen molar-refractivity contribution in [1.82, 2.24) is 10.2 Å². The largest absolute Gasteiger partial charge is 0.444 e. The lowest BCUT2D eigenvalue weighted by molar-refractivity contribution is -0.0309. The maximum atomic E-state index is 14.4. The van der Waals surface area contributed by atoms with E-state index in [2.05, 4.69) is 5.32 Å². The van der Waals surface area contributed by atoms with Gasteiger partial charge in [0.15, 0.2) is 0 Å². The second-order valence-corrected chi connectivity index (χ2v) is 13.3. The van der Waals surface area contributed by atoms with Crippen LogP contribution in [0.15, 0.2) is 48.5 Å². The highest BCUT2D eigenvalue weighted by Gasteiger charge is 2.34. The summed E-state index contributed by atoms with van der Waals surface area (Å²) in [6.45, 7) is 11.0. The second kappa shape index (κ2) is 20.7. The number of carbonyl (C=O) groups is 1. The number of carbonyl (C=O) groups excluding carboxylic acids is 1. The summed E-state index contributed by atoms with van der Waals surface area (Å²) >= 11 is 0. The highest BCUT2D eigenvalue weighted by atomic mass is 19.1. The lowest BCUT2D eigenvalue weighted by atomic mass is 9.88. The van der Waals surface area contributed by atoms with Gasteiger partial charge in [-0.15, -0.1) is 0 Å². The summed E-state index contributed by atoms with van der Waals surface area (Å²) in [6, 6.07) is 13.7. The lowest BCUT2D eigenvalue weighted by Crippen LogP contribution is -2.44. The minimum Gasteiger partial charge on any atom is -0.444 e. The molecule has 0 aliphatic carbocycles. The Morgan fingerprint density at radius 2 is 1.36 bits per heavy atom. The van der Waals surface area contributed by atoms with Crippen LogP contribution in [0.5, 0.6) is 0 Å². The smallest absolute Gasteiger partial charge is 0.410 e. The summed E-state index contributed by atoms with van der Waals surface area (Å²) in [5.74, 6) is -0.0904. The van der Waals surface area contributed by atoms with Crippen LogP contribution in [0.3, 0.4) is 0 Å². The third-order valence-electron chi connectivity index (χ3n) is 8.30. The van der Waals surface area contributed by atoms with Crippen molar-refractivity contribution in [3.63, 3.8) is 0 Å². The maximum Gasteiger partial charge on any atom is 0.410 e. The number of rotatable bonds is 14. The van der Waals surface area contributed by atoms with Gasteiger partial charge in [0.05, 0.1) is 12.2 Å². The molecular weight excluding hydrogens is 606 g/mol. The molecule has 0 bridgehead atoms. The Morgan fingerprint density at radius 1 is 0.830 bits per heavy atom. The molecule has 2 heterocycles. The van der Waals surface area contributed by atoms with Crippen molar-refractivity contribution in [2.24, 2.45) is 11.8 Å². The van der Waals surface area contributed by atoms with Crippen LogP contribution < -0.4 is 5.32 Å². The minimum atomic E-state index is -0.536. The van der Waals surface area contributed by atoms with E-state index in [1.165, 1.54) is 12.1 Å². The molecule has 2 fully saturated rings. The van der Waals surface area contributed by atoms with E-state index in [0.29, 0.717) is 56.6 Å². The normalized spacial score (nSPS) is 19.8. The fraction of sp³-hybridized carbons (Fsp3) is 0.649. The summed E-state index contributed by atoms with van der Waals surface area (Å²) in [6.07, 6.45) is 4.62. The number of amides is 1. The molecule has 0 aromatic heterocycles. The van der Waals surface area contributed by atoms with E-state index in [-0.39, 0.29) is 29.7 Å². The number of hydrogen-bond donors (Lipinski definition) is 1. The fourth-order valence-electron chi connectivity index (χ4n) is 6.08. The van der Waals surface area contributed by atoms with Crippen molar-refractivity contribution >= 4 is 6.09 Å². The average Bonchev–Trinajstić information content (AvgIpc) is 3.06. The lowest BCUT2D eigenvalue weighted by Gasteiger charge is -2.37. The monoisotopic (exact) mass is 662 g/mol. The zero-order valence-corrected chi connectivity index (χ0v) is 29.0. The molecule has 264 valence electrons. The molecule has 2 aliphatic rings. The first kappa shape index (κ1) is 38.8. The Kier molecular flexibility index (Phi) is 17.1. The number of nitrogens with one attached hydrogen (secondary N) is 1. The third-order valence-corrected chi connectivity index (χ3v) is 8.30. The van der Waals surface area contributed by atoms with Gasteiger partial charge in [-0.3, -0.25) is 0 Å². The van der Waals surface area contributed by atoms with Crippen molar-refractivity contribution in [3.8, 4) is 0 Å². The van der Waals surface area contributed by atoms with Gasteiger partial charge in [-0.2, -0.15) is 0 Å². The standard InChI is InChI=1S/C21H32FNO4.C16H24FNO2/c1-21(2,3)27-20(24)23-12-7-9-16(15-23)19(26-14-8-13-25-4)17-10-5-6-11-18(17)22;1-19-10-5-11-20-16(13-6-4-9-18-12-13)14-7-2-3-8-15(14)17/h5-6,10-11,16,19H,7-9,12-15H2,1-4H3;2-3,7-8,13,16,18H,4-6,9-12H2,1H3. The molecule has 1 N–H and O–H groups in total. The summed E-state index contributed by atoms with van der Waals surface area (Å²) in [5.41, 5.74) is 0.690. The van der Waals surface area contributed by atoms with Gasteiger partial charge in [-0.1, -0.05) is 36.4 Å². The Labute approximate surface area is 280 Å². The number of benzene rings is 2. The van der Waals surface area contributed by atoms with Crippen LogP contribution in [0.1, 0.15) is 82.6 Å². The van der Waals surface area contributed by atoms with Crippen LogP contribution in [0.4, 0.5) is 13.6 Å². The van der Waals surface area contributed by atoms with Crippen LogP contribution in [0.25, 0.3) is 0 Å². The number of methoxy groups -OCH3 is 2. The first-order valence-corrected chi connectivity index (χ1v) is 17.0. The minimum absolute atomic E-state index is 0.0192. The van der Waals surface area contributed by atoms with E-state index in [1.807, 2.05) is 39.0 Å². The number of likely N-dealkylation sites (tertiary alicyclic amines) is 1. The van der Waals surface area contributed by atoms with E-state index in [0.717, 1.165) is 51.6 Å². The van der Waals surface area contributed by atoms with E-state index >= 15 is 0 Å². The average molecular weight is 663 g/mol. The van der Waals surface area contributed by atoms with Crippen molar-refractivity contribution in [3.05, 3.63) is 71.3 Å². The van der Waals surface area contributed by atoms with Crippen molar-refractivity contribution in [1.29, 1.82) is 0 Å². The van der Waals surface area contributed by atoms with Gasteiger partial charge in [-0.25, -0.2) is 13.6 Å². The number of hydrogen-bond acceptors (Lipinski definition) is 7. The Bertz CT molecular complexity index is 1170. The van der Waals surface area contributed by atoms with E-state index in [9.17, 15) is 13.6 Å². The Hall–Kier alpha value is -2.63. The summed E-state index contributed by atoms with van der Waals surface area (Å²) < 4.78 is 56.2. The Balaban J connectivity index is 0.000000267. The van der Waals surface area contributed by atoms with Crippen LogP contribution in [0.2, 0.25) is 0 Å².